The fourth-order valence-corrected chi connectivity index (χ4v) is 2.33. The van der Waals surface area contributed by atoms with Crippen LogP contribution in [0, 0.1) is 6.92 Å². The van der Waals surface area contributed by atoms with Crippen LogP contribution >= 0.6 is 0 Å². The molecule has 2 aromatic carbocycles. The van der Waals surface area contributed by atoms with Gasteiger partial charge in [0.2, 0.25) is 0 Å². The van der Waals surface area contributed by atoms with Gasteiger partial charge in [-0.15, -0.1) is 5.10 Å². The van der Waals surface area contributed by atoms with Crippen LogP contribution < -0.4 is 4.74 Å². The molecule has 23 heavy (non-hydrogen) atoms. The van der Waals surface area contributed by atoms with E-state index in [0.29, 0.717) is 5.56 Å². The highest BCUT2D eigenvalue weighted by Gasteiger charge is 2.10. The standard InChI is InChI=1S/C18H17N3O2/c1-13-4-3-5-15(10-13)17-11-21(20-19-17)12-18(22)14-6-8-16(23-2)9-7-14/h3-11H,12H2,1-2H3. The van der Waals surface area contributed by atoms with Crippen molar-refractivity contribution in [3.63, 3.8) is 0 Å². The fourth-order valence-electron chi connectivity index (χ4n) is 2.33. The number of nitrogens with zero attached hydrogens (tertiary/aromatic N) is 3. The Hall–Kier alpha value is -2.95. The van der Waals surface area contributed by atoms with Gasteiger partial charge in [-0.2, -0.15) is 0 Å². The summed E-state index contributed by atoms with van der Waals surface area (Å²) in [4.78, 5) is 12.3. The van der Waals surface area contributed by atoms with Gasteiger partial charge < -0.3 is 4.74 Å². The van der Waals surface area contributed by atoms with E-state index < -0.39 is 0 Å². The molecule has 0 fully saturated rings. The maximum absolute atomic E-state index is 12.3. The zero-order valence-corrected chi connectivity index (χ0v) is 13.1. The van der Waals surface area contributed by atoms with Crippen LogP contribution in [-0.2, 0) is 6.54 Å². The summed E-state index contributed by atoms with van der Waals surface area (Å²) in [5, 5.41) is 8.18. The summed E-state index contributed by atoms with van der Waals surface area (Å²) >= 11 is 0. The first-order valence-electron chi connectivity index (χ1n) is 7.30. The largest absolute Gasteiger partial charge is 0.497 e. The highest BCUT2D eigenvalue weighted by Crippen LogP contribution is 2.17. The lowest BCUT2D eigenvalue weighted by molar-refractivity contribution is 0.0967. The third kappa shape index (κ3) is 3.45. The van der Waals surface area contributed by atoms with Crippen LogP contribution in [0.25, 0.3) is 11.3 Å². The van der Waals surface area contributed by atoms with Gasteiger partial charge >= 0.3 is 0 Å². The molecule has 0 spiro atoms. The molecule has 5 nitrogen and oxygen atoms in total. The average molecular weight is 307 g/mol. The van der Waals surface area contributed by atoms with Gasteiger partial charge in [0.15, 0.2) is 5.78 Å². The van der Waals surface area contributed by atoms with Crippen molar-refractivity contribution in [2.45, 2.75) is 13.5 Å². The van der Waals surface area contributed by atoms with E-state index in [1.54, 1.807) is 42.3 Å². The number of benzene rings is 2. The summed E-state index contributed by atoms with van der Waals surface area (Å²) in [7, 11) is 1.60. The Morgan fingerprint density at radius 1 is 1.17 bits per heavy atom. The van der Waals surface area contributed by atoms with E-state index in [-0.39, 0.29) is 12.3 Å². The molecule has 0 saturated heterocycles. The Bertz CT molecular complexity index is 822. The lowest BCUT2D eigenvalue weighted by Crippen LogP contribution is -2.10. The number of hydrogen-bond acceptors (Lipinski definition) is 4. The summed E-state index contributed by atoms with van der Waals surface area (Å²) in [6.45, 7) is 2.19. The van der Waals surface area contributed by atoms with E-state index in [9.17, 15) is 4.79 Å². The quantitative estimate of drug-likeness (QED) is 0.679. The Morgan fingerprint density at radius 3 is 2.65 bits per heavy atom. The summed E-state index contributed by atoms with van der Waals surface area (Å²) < 4.78 is 6.65. The first kappa shape index (κ1) is 15.0. The van der Waals surface area contributed by atoms with Crippen LogP contribution in [-0.4, -0.2) is 27.9 Å². The van der Waals surface area contributed by atoms with Crippen molar-refractivity contribution in [1.29, 1.82) is 0 Å². The molecule has 0 bridgehead atoms. The van der Waals surface area contributed by atoms with Crippen LogP contribution in [0.15, 0.2) is 54.7 Å². The minimum absolute atomic E-state index is 0.0201. The minimum Gasteiger partial charge on any atom is -0.497 e. The lowest BCUT2D eigenvalue weighted by atomic mass is 10.1. The van der Waals surface area contributed by atoms with Crippen molar-refractivity contribution < 1.29 is 9.53 Å². The smallest absolute Gasteiger partial charge is 0.184 e. The van der Waals surface area contributed by atoms with Crippen molar-refractivity contribution >= 4 is 5.78 Å². The zero-order chi connectivity index (χ0) is 16.2. The third-order valence-corrected chi connectivity index (χ3v) is 3.57. The normalized spacial score (nSPS) is 10.5. The Labute approximate surface area is 134 Å². The molecule has 3 rings (SSSR count). The van der Waals surface area contributed by atoms with Gasteiger partial charge in [0.25, 0.3) is 0 Å². The molecule has 0 saturated carbocycles. The molecular formula is C18H17N3O2. The number of aryl methyl sites for hydroxylation is 1. The second kappa shape index (κ2) is 6.44. The Balaban J connectivity index is 1.74. The first-order valence-corrected chi connectivity index (χ1v) is 7.30. The van der Waals surface area contributed by atoms with E-state index >= 15 is 0 Å². The molecule has 1 aromatic heterocycles. The SMILES string of the molecule is COc1ccc(C(=O)Cn2cc(-c3cccc(C)c3)nn2)cc1. The molecule has 3 aromatic rings. The number of Topliss-reactive ketones (excluding diaryl/α,β-unsaturated/α-hetero) is 1. The molecule has 0 aliphatic heterocycles. The fraction of sp³-hybridized carbons (Fsp3) is 0.167. The average Bonchev–Trinajstić information content (AvgIpc) is 3.03. The predicted octanol–water partition coefficient (Wildman–Crippen LogP) is 3.15. The molecule has 1 heterocycles. The molecule has 0 aliphatic rings. The lowest BCUT2D eigenvalue weighted by Gasteiger charge is -2.03. The van der Waals surface area contributed by atoms with Crippen LogP contribution in [0.2, 0.25) is 0 Å². The van der Waals surface area contributed by atoms with Crippen LogP contribution in [0.5, 0.6) is 5.75 Å². The second-order valence-electron chi connectivity index (χ2n) is 5.32. The van der Waals surface area contributed by atoms with Gasteiger partial charge in [-0.05, 0) is 37.3 Å². The van der Waals surface area contributed by atoms with Crippen molar-refractivity contribution in [2.75, 3.05) is 7.11 Å². The number of aromatic nitrogens is 3. The highest BCUT2D eigenvalue weighted by molar-refractivity contribution is 5.95. The van der Waals surface area contributed by atoms with E-state index in [1.165, 1.54) is 0 Å². The number of ether oxygens (including phenoxy) is 1. The van der Waals surface area contributed by atoms with Crippen molar-refractivity contribution in [1.82, 2.24) is 15.0 Å². The number of carbonyl (C=O) groups excluding carboxylic acids is 1. The number of hydrogen-bond donors (Lipinski definition) is 0. The van der Waals surface area contributed by atoms with E-state index in [1.807, 2.05) is 31.2 Å². The molecule has 0 amide bonds. The molecule has 0 unspecified atom stereocenters. The number of carbonyl (C=O) groups is 1. The number of ketones is 1. The molecule has 5 heteroatoms. The highest BCUT2D eigenvalue weighted by atomic mass is 16.5. The molecule has 0 radical (unpaired) electrons. The summed E-state index contributed by atoms with van der Waals surface area (Å²) in [5.74, 6) is 0.706. The minimum atomic E-state index is -0.0201. The zero-order valence-electron chi connectivity index (χ0n) is 13.1. The van der Waals surface area contributed by atoms with Crippen LogP contribution in [0.4, 0.5) is 0 Å². The van der Waals surface area contributed by atoms with Crippen molar-refractivity contribution in [3.8, 4) is 17.0 Å². The van der Waals surface area contributed by atoms with Crippen LogP contribution in [0.1, 0.15) is 15.9 Å². The molecule has 0 aliphatic carbocycles. The van der Waals surface area contributed by atoms with Crippen LogP contribution in [0.3, 0.4) is 0 Å². The monoisotopic (exact) mass is 307 g/mol. The molecule has 116 valence electrons. The van der Waals surface area contributed by atoms with Crippen molar-refractivity contribution in [3.05, 3.63) is 65.9 Å². The summed E-state index contributed by atoms with van der Waals surface area (Å²) in [6.07, 6.45) is 1.79. The van der Waals surface area contributed by atoms with Gasteiger partial charge in [-0.25, -0.2) is 4.68 Å². The summed E-state index contributed by atoms with van der Waals surface area (Å²) in [6, 6.07) is 15.1. The predicted molar refractivity (Wildman–Crippen MR) is 87.5 cm³/mol. The third-order valence-electron chi connectivity index (χ3n) is 3.57. The van der Waals surface area contributed by atoms with E-state index in [0.717, 1.165) is 22.6 Å². The number of rotatable bonds is 5. The van der Waals surface area contributed by atoms with Crippen molar-refractivity contribution in [2.24, 2.45) is 0 Å². The van der Waals surface area contributed by atoms with Gasteiger partial charge in [0.1, 0.15) is 18.0 Å². The second-order valence-corrected chi connectivity index (χ2v) is 5.32. The Kier molecular flexibility index (Phi) is 4.19. The Morgan fingerprint density at radius 2 is 1.96 bits per heavy atom. The number of methoxy groups -OCH3 is 1. The molecule has 0 N–H and O–H groups in total. The van der Waals surface area contributed by atoms with E-state index in [4.69, 9.17) is 4.74 Å². The topological polar surface area (TPSA) is 57.0 Å². The van der Waals surface area contributed by atoms with Gasteiger partial charge in [0, 0.05) is 11.1 Å². The van der Waals surface area contributed by atoms with Gasteiger partial charge in [0.05, 0.1) is 13.3 Å². The first-order chi connectivity index (χ1) is 11.2. The molecular weight excluding hydrogens is 290 g/mol. The van der Waals surface area contributed by atoms with Gasteiger partial charge in [-0.1, -0.05) is 29.0 Å². The molecule has 0 atom stereocenters. The van der Waals surface area contributed by atoms with E-state index in [2.05, 4.69) is 10.3 Å². The maximum atomic E-state index is 12.3. The summed E-state index contributed by atoms with van der Waals surface area (Å²) in [5.41, 5.74) is 3.54. The maximum Gasteiger partial charge on any atom is 0.184 e. The van der Waals surface area contributed by atoms with Gasteiger partial charge in [-0.3, -0.25) is 4.79 Å².